The molecule has 0 saturated carbocycles. The molecular formula is C27H22FNO3S2. The normalized spacial score (nSPS) is 15.4. The van der Waals surface area contributed by atoms with Gasteiger partial charge < -0.3 is 9.47 Å². The highest BCUT2D eigenvalue weighted by molar-refractivity contribution is 8.00. The van der Waals surface area contributed by atoms with Crippen LogP contribution in [0.1, 0.15) is 39.4 Å². The average molecular weight is 492 g/mol. The maximum Gasteiger partial charge on any atom is 0.348 e. The zero-order valence-electron chi connectivity index (χ0n) is 18.7. The first-order valence-corrected chi connectivity index (χ1v) is 12.6. The van der Waals surface area contributed by atoms with Gasteiger partial charge in [-0.1, -0.05) is 12.1 Å². The summed E-state index contributed by atoms with van der Waals surface area (Å²) in [5, 5.41) is 1.02. The Morgan fingerprint density at radius 2 is 1.85 bits per heavy atom. The lowest BCUT2D eigenvalue weighted by atomic mass is 10.0. The topological polar surface area (TPSA) is 47.9 Å². The van der Waals surface area contributed by atoms with E-state index in [4.69, 9.17) is 14.5 Å². The largest absolute Gasteiger partial charge is 0.497 e. The van der Waals surface area contributed by atoms with Crippen LogP contribution < -0.4 is 4.74 Å². The number of hydrogen-bond donors (Lipinski definition) is 0. The fourth-order valence-corrected chi connectivity index (χ4v) is 6.35. The number of carbonyl (C=O) groups excluding carboxylic acids is 1. The van der Waals surface area contributed by atoms with Crippen LogP contribution in [0.2, 0.25) is 0 Å². The van der Waals surface area contributed by atoms with Gasteiger partial charge in [0, 0.05) is 32.4 Å². The summed E-state index contributed by atoms with van der Waals surface area (Å²) < 4.78 is 25.2. The number of rotatable bonds is 5. The van der Waals surface area contributed by atoms with Crippen molar-refractivity contribution in [3.8, 4) is 5.75 Å². The number of methoxy groups -OCH3 is 1. The van der Waals surface area contributed by atoms with Crippen LogP contribution in [-0.4, -0.2) is 25.4 Å². The zero-order chi connectivity index (χ0) is 23.7. The van der Waals surface area contributed by atoms with Crippen LogP contribution >= 0.6 is 23.1 Å². The summed E-state index contributed by atoms with van der Waals surface area (Å²) in [5.74, 6) is 0.217. The first-order valence-electron chi connectivity index (χ1n) is 10.9. The molecule has 0 N–H and O–H groups in total. The second kappa shape index (κ2) is 9.60. The number of thiophene rings is 1. The highest BCUT2D eigenvalue weighted by atomic mass is 32.2. The molecule has 1 unspecified atom stereocenters. The Bertz CT molecular complexity index is 1380. The van der Waals surface area contributed by atoms with Crippen molar-refractivity contribution in [2.45, 2.75) is 23.5 Å². The highest BCUT2D eigenvalue weighted by Crippen LogP contribution is 2.49. The molecule has 0 bridgehead atoms. The van der Waals surface area contributed by atoms with E-state index in [1.807, 2.05) is 54.6 Å². The molecule has 0 spiro atoms. The van der Waals surface area contributed by atoms with Gasteiger partial charge in [0.15, 0.2) is 0 Å². The molecule has 1 atom stereocenters. The summed E-state index contributed by atoms with van der Waals surface area (Å²) in [4.78, 5) is 19.0. The van der Waals surface area contributed by atoms with Crippen molar-refractivity contribution in [2.75, 3.05) is 13.7 Å². The first kappa shape index (κ1) is 22.6. The maximum atomic E-state index is 13.7. The standard InChI is InChI=1S/C27H22FNO3S2/c1-3-32-27(30)25-14-20-23(33-25)13-12-21-26(20)34-24(17-4-8-18(28)9-5-17)15-22(29-21)16-6-10-19(31-2)11-7-16/h4-14,24H,3,15H2,1-2H3. The van der Waals surface area contributed by atoms with E-state index in [-0.39, 0.29) is 17.0 Å². The molecule has 4 nitrogen and oxygen atoms in total. The van der Waals surface area contributed by atoms with Crippen molar-refractivity contribution in [2.24, 2.45) is 4.99 Å². The second-order valence-electron chi connectivity index (χ2n) is 7.81. The van der Waals surface area contributed by atoms with E-state index in [0.29, 0.717) is 17.9 Å². The number of hydrogen-bond acceptors (Lipinski definition) is 6. The van der Waals surface area contributed by atoms with Gasteiger partial charge in [0.25, 0.3) is 0 Å². The molecule has 0 fully saturated rings. The molecule has 34 heavy (non-hydrogen) atoms. The molecule has 2 heterocycles. The number of carbonyl (C=O) groups is 1. The Morgan fingerprint density at radius 3 is 2.56 bits per heavy atom. The van der Waals surface area contributed by atoms with E-state index in [1.54, 1.807) is 25.8 Å². The van der Waals surface area contributed by atoms with Crippen molar-refractivity contribution in [1.82, 2.24) is 0 Å². The van der Waals surface area contributed by atoms with Crippen molar-refractivity contribution < 1.29 is 18.7 Å². The predicted octanol–water partition coefficient (Wildman–Crippen LogP) is 7.58. The molecule has 0 amide bonds. The number of halogens is 1. The number of ether oxygens (including phenoxy) is 2. The average Bonchev–Trinajstić information content (AvgIpc) is 3.20. The monoisotopic (exact) mass is 491 g/mol. The summed E-state index contributed by atoms with van der Waals surface area (Å²) in [5.41, 5.74) is 3.85. The SMILES string of the molecule is CCOC(=O)c1cc2c3c(ccc2s1)N=C(c1ccc(OC)cc1)CC(c1ccc(F)cc1)S3. The molecular weight excluding hydrogens is 469 g/mol. The Morgan fingerprint density at radius 1 is 1.09 bits per heavy atom. The third-order valence-electron chi connectivity index (χ3n) is 5.67. The van der Waals surface area contributed by atoms with Crippen LogP contribution in [0.4, 0.5) is 10.1 Å². The Hall–Kier alpha value is -3.16. The molecule has 0 aliphatic carbocycles. The van der Waals surface area contributed by atoms with Gasteiger partial charge >= 0.3 is 5.97 Å². The van der Waals surface area contributed by atoms with E-state index < -0.39 is 0 Å². The van der Waals surface area contributed by atoms with Crippen molar-refractivity contribution >= 4 is 50.6 Å². The Balaban J connectivity index is 1.64. The highest BCUT2D eigenvalue weighted by Gasteiger charge is 2.25. The lowest BCUT2D eigenvalue weighted by molar-refractivity contribution is 0.0532. The molecule has 5 rings (SSSR count). The van der Waals surface area contributed by atoms with Gasteiger partial charge in [-0.25, -0.2) is 9.18 Å². The summed E-state index contributed by atoms with van der Waals surface area (Å²) in [6.07, 6.45) is 0.674. The third kappa shape index (κ3) is 4.45. The maximum absolute atomic E-state index is 13.7. The minimum Gasteiger partial charge on any atom is -0.497 e. The number of benzene rings is 3. The van der Waals surface area contributed by atoms with E-state index in [9.17, 15) is 9.18 Å². The quantitative estimate of drug-likeness (QED) is 0.270. The van der Waals surface area contributed by atoms with Crippen LogP contribution in [0.25, 0.3) is 10.1 Å². The van der Waals surface area contributed by atoms with Gasteiger partial charge in [0.05, 0.1) is 19.4 Å². The number of aliphatic imine (C=N–C) groups is 1. The van der Waals surface area contributed by atoms with Gasteiger partial charge in [-0.05, 0) is 72.6 Å². The third-order valence-corrected chi connectivity index (χ3v) is 8.14. The molecule has 1 aliphatic rings. The lowest BCUT2D eigenvalue weighted by Gasteiger charge is -2.16. The van der Waals surface area contributed by atoms with Crippen molar-refractivity contribution in [3.63, 3.8) is 0 Å². The zero-order valence-corrected chi connectivity index (χ0v) is 20.3. The number of thioether (sulfide) groups is 1. The molecule has 0 saturated heterocycles. The number of esters is 1. The Kier molecular flexibility index (Phi) is 6.39. The minimum absolute atomic E-state index is 0.0271. The van der Waals surface area contributed by atoms with Crippen LogP contribution in [0.5, 0.6) is 5.75 Å². The molecule has 0 radical (unpaired) electrons. The van der Waals surface area contributed by atoms with Crippen LogP contribution in [-0.2, 0) is 4.74 Å². The molecule has 7 heteroatoms. The smallest absolute Gasteiger partial charge is 0.348 e. The van der Waals surface area contributed by atoms with Gasteiger partial charge in [0.1, 0.15) is 16.4 Å². The van der Waals surface area contributed by atoms with Crippen LogP contribution in [0.3, 0.4) is 0 Å². The molecule has 3 aromatic carbocycles. The predicted molar refractivity (Wildman–Crippen MR) is 137 cm³/mol. The van der Waals surface area contributed by atoms with E-state index in [2.05, 4.69) is 0 Å². The summed E-state index contributed by atoms with van der Waals surface area (Å²) in [6, 6.07) is 20.5. The fourth-order valence-electron chi connectivity index (χ4n) is 3.97. The summed E-state index contributed by atoms with van der Waals surface area (Å²) >= 11 is 3.13. The van der Waals surface area contributed by atoms with E-state index in [0.717, 1.165) is 43.3 Å². The van der Waals surface area contributed by atoms with Gasteiger partial charge in [-0.2, -0.15) is 0 Å². The minimum atomic E-state index is -0.312. The van der Waals surface area contributed by atoms with E-state index in [1.165, 1.54) is 23.5 Å². The molecule has 172 valence electrons. The van der Waals surface area contributed by atoms with Crippen molar-refractivity contribution in [3.05, 3.63) is 88.6 Å². The first-order chi connectivity index (χ1) is 16.6. The van der Waals surface area contributed by atoms with Gasteiger partial charge in [0.2, 0.25) is 0 Å². The van der Waals surface area contributed by atoms with Crippen molar-refractivity contribution in [1.29, 1.82) is 0 Å². The van der Waals surface area contributed by atoms with Gasteiger partial charge in [-0.3, -0.25) is 4.99 Å². The fraction of sp³-hybridized carbons (Fsp3) is 0.185. The van der Waals surface area contributed by atoms with Crippen LogP contribution in [0, 0.1) is 5.82 Å². The lowest BCUT2D eigenvalue weighted by Crippen LogP contribution is -2.05. The molecule has 1 aromatic heterocycles. The summed E-state index contributed by atoms with van der Waals surface area (Å²) in [6.45, 7) is 2.14. The molecule has 1 aliphatic heterocycles. The van der Waals surface area contributed by atoms with Gasteiger partial charge in [-0.15, -0.1) is 23.1 Å². The van der Waals surface area contributed by atoms with Crippen LogP contribution in [0.15, 0.2) is 76.6 Å². The summed E-state index contributed by atoms with van der Waals surface area (Å²) in [7, 11) is 1.65. The Labute approximate surface area is 205 Å². The molecule has 4 aromatic rings. The van der Waals surface area contributed by atoms with E-state index >= 15 is 0 Å². The number of fused-ring (bicyclic) bond motifs is 3. The number of nitrogens with zero attached hydrogens (tertiary/aromatic N) is 1. The second-order valence-corrected chi connectivity index (χ2v) is 10.1.